The van der Waals surface area contributed by atoms with Gasteiger partial charge in [-0.15, -0.1) is 0 Å². The van der Waals surface area contributed by atoms with E-state index in [0.717, 1.165) is 6.42 Å². The molecule has 0 fully saturated rings. The molecule has 0 radical (unpaired) electrons. The Hall–Kier alpha value is -0.860. The van der Waals surface area contributed by atoms with Gasteiger partial charge >= 0.3 is 0 Å². The minimum atomic E-state index is -0.240. The summed E-state index contributed by atoms with van der Waals surface area (Å²) in [5, 5.41) is 12.7. The first-order chi connectivity index (χ1) is 8.34. The monoisotopic (exact) mass is 249 g/mol. The van der Waals surface area contributed by atoms with E-state index in [4.69, 9.17) is 0 Å². The molecule has 0 aliphatic heterocycles. The fourth-order valence-electron chi connectivity index (χ4n) is 2.13. The van der Waals surface area contributed by atoms with Gasteiger partial charge in [0.1, 0.15) is 0 Å². The molecule has 0 heterocycles. The number of benzene rings is 1. The predicted octanol–water partition coefficient (Wildman–Crippen LogP) is 3.31. The average Bonchev–Trinajstić information content (AvgIpc) is 2.28. The molecule has 1 rings (SSSR count). The second kappa shape index (κ2) is 6.35. The van der Waals surface area contributed by atoms with Crippen LogP contribution >= 0.6 is 0 Å². The molecule has 0 spiro atoms. The van der Waals surface area contributed by atoms with Gasteiger partial charge in [-0.2, -0.15) is 0 Å². The van der Waals surface area contributed by atoms with Crippen LogP contribution < -0.4 is 5.32 Å². The van der Waals surface area contributed by atoms with Crippen molar-refractivity contribution in [3.63, 3.8) is 0 Å². The molecule has 0 aliphatic carbocycles. The third-order valence-corrected chi connectivity index (χ3v) is 3.13. The molecule has 102 valence electrons. The Kier molecular flexibility index (Phi) is 5.36. The zero-order valence-electron chi connectivity index (χ0n) is 12.3. The quantitative estimate of drug-likeness (QED) is 0.810. The minimum absolute atomic E-state index is 0.142. The molecule has 2 N–H and O–H groups in total. The maximum Gasteiger partial charge on any atom is 0.0608 e. The maximum absolute atomic E-state index is 9.27. The standard InChI is InChI=1S/C16H27NO/c1-12(2)10-14-6-8-15(9-7-14)13(3)17-16(4,5)11-18/h6-9,12-13,17-18H,10-11H2,1-5H3. The SMILES string of the molecule is CC(C)Cc1ccc(C(C)NC(C)(C)CO)cc1. The lowest BCUT2D eigenvalue weighted by Gasteiger charge is -2.28. The van der Waals surface area contributed by atoms with Crippen LogP contribution in [-0.4, -0.2) is 17.3 Å². The molecular weight excluding hydrogens is 222 g/mol. The van der Waals surface area contributed by atoms with Crippen molar-refractivity contribution in [1.29, 1.82) is 0 Å². The van der Waals surface area contributed by atoms with Gasteiger partial charge < -0.3 is 10.4 Å². The molecule has 1 aromatic rings. The first-order valence-corrected chi connectivity index (χ1v) is 6.81. The first-order valence-electron chi connectivity index (χ1n) is 6.81. The largest absolute Gasteiger partial charge is 0.394 e. The summed E-state index contributed by atoms with van der Waals surface area (Å²) in [4.78, 5) is 0. The smallest absolute Gasteiger partial charge is 0.0608 e. The highest BCUT2D eigenvalue weighted by atomic mass is 16.3. The van der Waals surface area contributed by atoms with Gasteiger partial charge in [-0.3, -0.25) is 0 Å². The Morgan fingerprint density at radius 2 is 1.67 bits per heavy atom. The molecule has 18 heavy (non-hydrogen) atoms. The van der Waals surface area contributed by atoms with E-state index in [9.17, 15) is 5.11 Å². The third kappa shape index (κ3) is 4.79. The van der Waals surface area contributed by atoms with Crippen molar-refractivity contribution >= 4 is 0 Å². The first kappa shape index (κ1) is 15.2. The van der Waals surface area contributed by atoms with Crippen molar-refractivity contribution < 1.29 is 5.11 Å². The van der Waals surface area contributed by atoms with E-state index in [1.165, 1.54) is 11.1 Å². The summed E-state index contributed by atoms with van der Waals surface area (Å²) >= 11 is 0. The molecule has 2 nitrogen and oxygen atoms in total. The van der Waals surface area contributed by atoms with Gasteiger partial charge in [0.15, 0.2) is 0 Å². The van der Waals surface area contributed by atoms with Gasteiger partial charge in [-0.05, 0) is 44.2 Å². The summed E-state index contributed by atoms with van der Waals surface area (Å²) in [6.45, 7) is 10.8. The highest BCUT2D eigenvalue weighted by molar-refractivity contribution is 5.25. The summed E-state index contributed by atoms with van der Waals surface area (Å²) in [5.74, 6) is 0.694. The number of nitrogens with one attached hydrogen (secondary N) is 1. The number of hydrogen-bond donors (Lipinski definition) is 2. The van der Waals surface area contributed by atoms with E-state index in [1.54, 1.807) is 0 Å². The normalized spacial score (nSPS) is 13.9. The molecular formula is C16H27NO. The van der Waals surface area contributed by atoms with Gasteiger partial charge in [0.05, 0.1) is 6.61 Å². The molecule has 1 atom stereocenters. The molecule has 2 heteroatoms. The zero-order chi connectivity index (χ0) is 13.8. The number of hydrogen-bond acceptors (Lipinski definition) is 2. The van der Waals surface area contributed by atoms with Crippen molar-refractivity contribution in [2.45, 2.75) is 52.6 Å². The third-order valence-electron chi connectivity index (χ3n) is 3.13. The van der Waals surface area contributed by atoms with Crippen molar-refractivity contribution in [1.82, 2.24) is 5.32 Å². The highest BCUT2D eigenvalue weighted by Gasteiger charge is 2.19. The number of aliphatic hydroxyl groups is 1. The van der Waals surface area contributed by atoms with E-state index in [2.05, 4.69) is 50.4 Å². The molecule has 0 aliphatic rings. The Morgan fingerprint density at radius 1 is 1.11 bits per heavy atom. The summed E-state index contributed by atoms with van der Waals surface area (Å²) in [5.41, 5.74) is 2.42. The molecule has 0 saturated carbocycles. The van der Waals surface area contributed by atoms with E-state index in [-0.39, 0.29) is 18.2 Å². The fourth-order valence-corrected chi connectivity index (χ4v) is 2.13. The Bertz CT molecular complexity index is 354. The van der Waals surface area contributed by atoms with Crippen molar-refractivity contribution in [2.24, 2.45) is 5.92 Å². The van der Waals surface area contributed by atoms with Crippen LogP contribution in [-0.2, 0) is 6.42 Å². The molecule has 0 amide bonds. The molecule has 0 bridgehead atoms. The second-order valence-corrected chi connectivity index (χ2v) is 6.25. The summed E-state index contributed by atoms with van der Waals surface area (Å²) in [7, 11) is 0. The van der Waals surface area contributed by atoms with Crippen LogP contribution in [0.25, 0.3) is 0 Å². The van der Waals surface area contributed by atoms with Crippen LogP contribution in [0.4, 0.5) is 0 Å². The number of rotatable bonds is 6. The zero-order valence-corrected chi connectivity index (χ0v) is 12.3. The summed E-state index contributed by atoms with van der Waals surface area (Å²) in [6, 6.07) is 9.03. The predicted molar refractivity (Wildman–Crippen MR) is 77.7 cm³/mol. The molecule has 1 aromatic carbocycles. The lowest BCUT2D eigenvalue weighted by molar-refractivity contribution is 0.178. The van der Waals surface area contributed by atoms with E-state index < -0.39 is 0 Å². The molecule has 0 aromatic heterocycles. The Balaban J connectivity index is 2.67. The van der Waals surface area contributed by atoms with E-state index >= 15 is 0 Å². The van der Waals surface area contributed by atoms with Gasteiger partial charge in [0.25, 0.3) is 0 Å². The van der Waals surface area contributed by atoms with Crippen LogP contribution in [0.3, 0.4) is 0 Å². The number of aliphatic hydroxyl groups excluding tert-OH is 1. The van der Waals surface area contributed by atoms with Gasteiger partial charge in [-0.1, -0.05) is 38.1 Å². The average molecular weight is 249 g/mol. The van der Waals surface area contributed by atoms with E-state index in [1.807, 2.05) is 13.8 Å². The topological polar surface area (TPSA) is 32.3 Å². The van der Waals surface area contributed by atoms with Gasteiger partial charge in [0, 0.05) is 11.6 Å². The fraction of sp³-hybridized carbons (Fsp3) is 0.625. The van der Waals surface area contributed by atoms with Gasteiger partial charge in [0.2, 0.25) is 0 Å². The van der Waals surface area contributed by atoms with Crippen molar-refractivity contribution in [3.05, 3.63) is 35.4 Å². The lowest BCUT2D eigenvalue weighted by Crippen LogP contribution is -2.43. The van der Waals surface area contributed by atoms with Crippen LogP contribution in [0.1, 0.15) is 51.8 Å². The van der Waals surface area contributed by atoms with Crippen LogP contribution in [0.2, 0.25) is 0 Å². The highest BCUT2D eigenvalue weighted by Crippen LogP contribution is 2.18. The maximum atomic E-state index is 9.27. The Labute approximate surface area is 111 Å². The van der Waals surface area contributed by atoms with Crippen LogP contribution in [0.5, 0.6) is 0 Å². The van der Waals surface area contributed by atoms with Crippen LogP contribution in [0.15, 0.2) is 24.3 Å². The summed E-state index contributed by atoms with van der Waals surface area (Å²) in [6.07, 6.45) is 1.13. The Morgan fingerprint density at radius 3 is 2.11 bits per heavy atom. The van der Waals surface area contributed by atoms with Crippen LogP contribution in [0, 0.1) is 5.92 Å². The van der Waals surface area contributed by atoms with E-state index in [0.29, 0.717) is 5.92 Å². The molecule has 0 saturated heterocycles. The summed E-state index contributed by atoms with van der Waals surface area (Å²) < 4.78 is 0. The van der Waals surface area contributed by atoms with Gasteiger partial charge in [-0.25, -0.2) is 0 Å². The second-order valence-electron chi connectivity index (χ2n) is 6.25. The van der Waals surface area contributed by atoms with Crippen molar-refractivity contribution in [2.75, 3.05) is 6.61 Å². The minimum Gasteiger partial charge on any atom is -0.394 e. The molecule has 1 unspecified atom stereocenters. The lowest BCUT2D eigenvalue weighted by atomic mass is 9.98. The van der Waals surface area contributed by atoms with Crippen molar-refractivity contribution in [3.8, 4) is 0 Å².